The van der Waals surface area contributed by atoms with Gasteiger partial charge in [0.1, 0.15) is 11.6 Å². The molecule has 3 aromatic rings. The minimum atomic E-state index is -5.01. The summed E-state index contributed by atoms with van der Waals surface area (Å²) in [7, 11) is 1.27. The molecule has 1 atom stereocenters. The molecule has 0 radical (unpaired) electrons. The number of para-hydroxylation sites is 1. The molecule has 1 aromatic heterocycles. The van der Waals surface area contributed by atoms with E-state index in [-0.39, 0.29) is 24.6 Å². The molecule has 0 saturated heterocycles. The van der Waals surface area contributed by atoms with Gasteiger partial charge in [-0.3, -0.25) is 9.69 Å². The number of benzene rings is 2. The number of aromatic nitrogens is 1. The third-order valence-electron chi connectivity index (χ3n) is 6.36. The van der Waals surface area contributed by atoms with Crippen molar-refractivity contribution >= 4 is 22.9 Å². The van der Waals surface area contributed by atoms with Gasteiger partial charge in [-0.1, -0.05) is 18.2 Å². The highest BCUT2D eigenvalue weighted by Crippen LogP contribution is 2.37. The number of carbonyl (C=O) groups is 2. The zero-order valence-electron chi connectivity index (χ0n) is 21.6. The standard InChI is InChI=1S/C27H27F6N3O3/c1-25(2,3)39-24(38)36-14-21-19(18-7-5-6-8-20(18)34-21)12-22(36)23(37)35(4)13-15-9-16(26(28,29)30)11-17(10-15)27(31,32)33/h5-11,22,34H,12-14H2,1-4H3/t22-/m0/s1. The predicted molar refractivity (Wildman–Crippen MR) is 130 cm³/mol. The summed E-state index contributed by atoms with van der Waals surface area (Å²) in [6.07, 6.45) is -10.7. The largest absolute Gasteiger partial charge is 0.444 e. The van der Waals surface area contributed by atoms with Crippen LogP contribution in [0.2, 0.25) is 0 Å². The lowest BCUT2D eigenvalue weighted by atomic mass is 9.95. The number of H-pyrrole nitrogens is 1. The molecule has 2 amide bonds. The van der Waals surface area contributed by atoms with E-state index in [0.29, 0.717) is 17.8 Å². The molecule has 6 nitrogen and oxygen atoms in total. The van der Waals surface area contributed by atoms with Gasteiger partial charge in [-0.2, -0.15) is 26.3 Å². The molecular weight excluding hydrogens is 528 g/mol. The van der Waals surface area contributed by atoms with Crippen molar-refractivity contribution < 1.29 is 40.7 Å². The summed E-state index contributed by atoms with van der Waals surface area (Å²) in [5.41, 5.74) is -1.84. The van der Waals surface area contributed by atoms with Gasteiger partial charge in [0, 0.05) is 36.6 Å². The Bertz CT molecular complexity index is 1370. The van der Waals surface area contributed by atoms with Crippen molar-refractivity contribution in [2.75, 3.05) is 7.05 Å². The Morgan fingerprint density at radius 1 is 1.00 bits per heavy atom. The highest BCUT2D eigenvalue weighted by atomic mass is 19.4. The van der Waals surface area contributed by atoms with E-state index in [0.717, 1.165) is 21.4 Å². The van der Waals surface area contributed by atoms with Crippen LogP contribution in [0.3, 0.4) is 0 Å². The molecular formula is C27H27F6N3O3. The number of ether oxygens (including phenoxy) is 1. The lowest BCUT2D eigenvalue weighted by molar-refractivity contribution is -0.143. The van der Waals surface area contributed by atoms with Crippen molar-refractivity contribution in [1.82, 2.24) is 14.8 Å². The molecule has 0 saturated carbocycles. The third-order valence-corrected chi connectivity index (χ3v) is 6.36. The van der Waals surface area contributed by atoms with E-state index >= 15 is 0 Å². The summed E-state index contributed by atoms with van der Waals surface area (Å²) in [5.74, 6) is -0.650. The van der Waals surface area contributed by atoms with E-state index in [2.05, 4.69) is 4.98 Å². The number of rotatable bonds is 3. The molecule has 1 aliphatic heterocycles. The molecule has 210 valence electrons. The number of amides is 2. The first-order chi connectivity index (χ1) is 17.9. The Balaban J connectivity index is 1.68. The van der Waals surface area contributed by atoms with E-state index in [1.165, 1.54) is 11.9 Å². The molecule has 12 heteroatoms. The topological polar surface area (TPSA) is 65.6 Å². The maximum Gasteiger partial charge on any atom is 0.416 e. The average Bonchev–Trinajstić information content (AvgIpc) is 3.18. The molecule has 4 rings (SSSR count). The van der Waals surface area contributed by atoms with Crippen LogP contribution in [0.15, 0.2) is 42.5 Å². The van der Waals surface area contributed by atoms with Gasteiger partial charge < -0.3 is 14.6 Å². The molecule has 2 aromatic carbocycles. The first kappa shape index (κ1) is 28.3. The Labute approximate surface area is 220 Å². The number of hydrogen-bond donors (Lipinski definition) is 1. The van der Waals surface area contributed by atoms with E-state index in [9.17, 15) is 35.9 Å². The van der Waals surface area contributed by atoms with Crippen molar-refractivity contribution in [2.24, 2.45) is 0 Å². The van der Waals surface area contributed by atoms with E-state index in [1.54, 1.807) is 20.8 Å². The van der Waals surface area contributed by atoms with Crippen LogP contribution in [-0.2, 0) is 41.4 Å². The van der Waals surface area contributed by atoms with Crippen molar-refractivity contribution in [1.29, 1.82) is 0 Å². The van der Waals surface area contributed by atoms with Crippen LogP contribution in [0.25, 0.3) is 10.9 Å². The van der Waals surface area contributed by atoms with E-state index in [4.69, 9.17) is 4.74 Å². The second-order valence-electron chi connectivity index (χ2n) is 10.6. The Hall–Kier alpha value is -3.70. The van der Waals surface area contributed by atoms with Crippen LogP contribution in [0.5, 0.6) is 0 Å². The van der Waals surface area contributed by atoms with Crippen LogP contribution in [0, 0.1) is 0 Å². The fraction of sp³-hybridized carbons (Fsp3) is 0.407. The van der Waals surface area contributed by atoms with Gasteiger partial charge in [0.05, 0.1) is 17.7 Å². The summed E-state index contributed by atoms with van der Waals surface area (Å²) in [5, 5.41) is 0.851. The Kier molecular flexibility index (Phi) is 7.11. The maximum atomic E-state index is 13.6. The van der Waals surface area contributed by atoms with E-state index in [1.807, 2.05) is 24.3 Å². The summed E-state index contributed by atoms with van der Waals surface area (Å²) < 4.78 is 85.5. The number of likely N-dealkylation sites (N-methyl/N-ethyl adjacent to an activating group) is 1. The van der Waals surface area contributed by atoms with Gasteiger partial charge in [-0.05, 0) is 56.2 Å². The first-order valence-electron chi connectivity index (χ1n) is 12.1. The van der Waals surface area contributed by atoms with Gasteiger partial charge in [-0.25, -0.2) is 4.79 Å². The molecule has 39 heavy (non-hydrogen) atoms. The summed E-state index contributed by atoms with van der Waals surface area (Å²) >= 11 is 0. The number of hydrogen-bond acceptors (Lipinski definition) is 3. The van der Waals surface area contributed by atoms with Crippen molar-refractivity contribution in [2.45, 2.75) is 64.3 Å². The maximum absolute atomic E-state index is 13.6. The van der Waals surface area contributed by atoms with Crippen LogP contribution >= 0.6 is 0 Å². The fourth-order valence-corrected chi connectivity index (χ4v) is 4.66. The van der Waals surface area contributed by atoms with Crippen LogP contribution in [-0.4, -0.2) is 45.5 Å². The minimum Gasteiger partial charge on any atom is -0.444 e. The first-order valence-corrected chi connectivity index (χ1v) is 12.1. The van der Waals surface area contributed by atoms with Gasteiger partial charge >= 0.3 is 18.4 Å². The highest BCUT2D eigenvalue weighted by Gasteiger charge is 2.41. The lowest BCUT2D eigenvalue weighted by Gasteiger charge is -2.37. The summed E-state index contributed by atoms with van der Waals surface area (Å²) in [6, 6.07) is 7.48. The van der Waals surface area contributed by atoms with Crippen LogP contribution in [0.4, 0.5) is 31.1 Å². The van der Waals surface area contributed by atoms with Crippen molar-refractivity contribution in [3.05, 3.63) is 70.4 Å². The van der Waals surface area contributed by atoms with Gasteiger partial charge in [0.15, 0.2) is 0 Å². The molecule has 1 N–H and O–H groups in total. The molecule has 0 fully saturated rings. The number of nitrogens with zero attached hydrogens (tertiary/aromatic N) is 2. The number of fused-ring (bicyclic) bond motifs is 3. The Morgan fingerprint density at radius 3 is 2.15 bits per heavy atom. The molecule has 1 aliphatic rings. The normalized spacial score (nSPS) is 16.3. The molecule has 0 bridgehead atoms. The lowest BCUT2D eigenvalue weighted by Crippen LogP contribution is -2.53. The summed E-state index contributed by atoms with van der Waals surface area (Å²) in [6.45, 7) is 4.46. The zero-order chi connectivity index (χ0) is 28.9. The number of carbonyl (C=O) groups excluding carboxylic acids is 2. The quantitative estimate of drug-likeness (QED) is 0.374. The van der Waals surface area contributed by atoms with Crippen molar-refractivity contribution in [3.63, 3.8) is 0 Å². The SMILES string of the molecule is CN(Cc1cc(C(F)(F)F)cc(C(F)(F)F)c1)C(=O)[C@@H]1Cc2c([nH]c3ccccc23)CN1C(=O)OC(C)(C)C. The second-order valence-corrected chi connectivity index (χ2v) is 10.6. The molecule has 0 spiro atoms. The highest BCUT2D eigenvalue weighted by molar-refractivity contribution is 5.90. The molecule has 0 aliphatic carbocycles. The van der Waals surface area contributed by atoms with Crippen LogP contribution < -0.4 is 0 Å². The van der Waals surface area contributed by atoms with Crippen molar-refractivity contribution in [3.8, 4) is 0 Å². The number of alkyl halides is 6. The molecule has 0 unspecified atom stereocenters. The summed E-state index contributed by atoms with van der Waals surface area (Å²) in [4.78, 5) is 32.3. The smallest absolute Gasteiger partial charge is 0.416 e. The van der Waals surface area contributed by atoms with E-state index < -0.39 is 53.7 Å². The minimum absolute atomic E-state index is 0.00491. The number of aromatic amines is 1. The number of halogens is 6. The van der Waals surface area contributed by atoms with Gasteiger partial charge in [0.25, 0.3) is 0 Å². The van der Waals surface area contributed by atoms with Crippen LogP contribution in [0.1, 0.15) is 48.7 Å². The molecule has 2 heterocycles. The van der Waals surface area contributed by atoms with Gasteiger partial charge in [0.2, 0.25) is 5.91 Å². The third kappa shape index (κ3) is 6.15. The number of nitrogens with one attached hydrogen (secondary N) is 1. The second kappa shape index (κ2) is 9.80. The Morgan fingerprint density at radius 2 is 1.59 bits per heavy atom. The monoisotopic (exact) mass is 555 g/mol. The average molecular weight is 556 g/mol. The predicted octanol–water partition coefficient (Wildman–Crippen LogP) is 6.53. The van der Waals surface area contributed by atoms with Gasteiger partial charge in [-0.15, -0.1) is 0 Å². The fourth-order valence-electron chi connectivity index (χ4n) is 4.66. The zero-order valence-corrected chi connectivity index (χ0v) is 21.6.